The fourth-order valence-corrected chi connectivity index (χ4v) is 4.38. The lowest BCUT2D eigenvalue weighted by molar-refractivity contribution is -0.138. The average molecular weight is 476 g/mol. The predicted molar refractivity (Wildman–Crippen MR) is 136 cm³/mol. The second-order valence-electron chi connectivity index (χ2n) is 9.28. The fraction of sp³-hybridized carbons (Fsp3) is 0.429. The minimum atomic E-state index is -0.901. The Morgan fingerprint density at radius 1 is 1.17 bits per heavy atom. The molecule has 0 bridgehead atoms. The van der Waals surface area contributed by atoms with Crippen molar-refractivity contribution in [1.29, 1.82) is 0 Å². The van der Waals surface area contributed by atoms with Gasteiger partial charge in [-0.1, -0.05) is 44.2 Å². The van der Waals surface area contributed by atoms with Crippen LogP contribution in [0.4, 0.5) is 5.69 Å². The molecule has 2 aromatic heterocycles. The molecule has 0 radical (unpaired) electrons. The lowest BCUT2D eigenvalue weighted by Gasteiger charge is -2.18. The topological polar surface area (TPSA) is 85.8 Å². The highest BCUT2D eigenvalue weighted by Gasteiger charge is 2.26. The number of hydrogen-bond acceptors (Lipinski definition) is 4. The predicted octanol–water partition coefficient (Wildman–Crippen LogP) is 5.98. The molecule has 1 aromatic carbocycles. The molecule has 0 aliphatic heterocycles. The number of ether oxygens (including phenoxy) is 1. The summed E-state index contributed by atoms with van der Waals surface area (Å²) >= 11 is 0. The molecular formula is C28H33N3O4. The highest BCUT2D eigenvalue weighted by molar-refractivity contribution is 6.09. The van der Waals surface area contributed by atoms with Gasteiger partial charge >= 0.3 is 5.97 Å². The van der Waals surface area contributed by atoms with Crippen LogP contribution in [-0.2, 0) is 29.6 Å². The molecular weight excluding hydrogens is 442 g/mol. The number of carboxylic acid groups (broad SMARTS) is 1. The number of benzene rings is 1. The first-order valence-electron chi connectivity index (χ1n) is 12.0. The van der Waals surface area contributed by atoms with Gasteiger partial charge in [-0.15, -0.1) is 0 Å². The third-order valence-electron chi connectivity index (χ3n) is 6.43. The first kappa shape index (κ1) is 26.1. The maximum Gasteiger partial charge on any atom is 0.303 e. The third-order valence-corrected chi connectivity index (χ3v) is 6.43. The zero-order valence-corrected chi connectivity index (χ0v) is 20.7. The summed E-state index contributed by atoms with van der Waals surface area (Å²) in [6.45, 7) is 12.4. The summed E-state index contributed by atoms with van der Waals surface area (Å²) < 4.78 is 7.73. The van der Waals surface area contributed by atoms with Gasteiger partial charge in [0.05, 0.1) is 13.2 Å². The first-order chi connectivity index (χ1) is 16.8. The molecule has 1 atom stereocenters. The molecule has 0 saturated heterocycles. The Morgan fingerprint density at radius 3 is 2.57 bits per heavy atom. The van der Waals surface area contributed by atoms with E-state index in [0.717, 1.165) is 24.1 Å². The largest absolute Gasteiger partial charge is 0.481 e. The zero-order valence-electron chi connectivity index (χ0n) is 20.7. The number of aromatic nitrogens is 2. The van der Waals surface area contributed by atoms with Crippen LogP contribution < -0.4 is 0 Å². The zero-order chi connectivity index (χ0) is 25.4. The van der Waals surface area contributed by atoms with Crippen molar-refractivity contribution < 1.29 is 19.4 Å². The Labute approximate surface area is 206 Å². The third kappa shape index (κ3) is 6.77. The minimum absolute atomic E-state index is 0.0478. The minimum Gasteiger partial charge on any atom is -0.481 e. The Balaban J connectivity index is 1.77. The van der Waals surface area contributed by atoms with Crippen molar-refractivity contribution >= 4 is 28.5 Å². The van der Waals surface area contributed by atoms with Gasteiger partial charge in [0.15, 0.2) is 5.78 Å². The van der Waals surface area contributed by atoms with Gasteiger partial charge in [-0.25, -0.2) is 9.83 Å². The molecule has 35 heavy (non-hydrogen) atoms. The second kappa shape index (κ2) is 12.3. The van der Waals surface area contributed by atoms with Crippen LogP contribution in [0.1, 0.15) is 61.1 Å². The van der Waals surface area contributed by atoms with E-state index in [4.69, 9.17) is 11.3 Å². The maximum atomic E-state index is 13.5. The molecule has 184 valence electrons. The van der Waals surface area contributed by atoms with E-state index in [9.17, 15) is 14.7 Å². The molecule has 0 saturated carbocycles. The summed E-state index contributed by atoms with van der Waals surface area (Å²) in [7, 11) is 1.89. The molecule has 0 spiro atoms. The standard InChI is InChI=1S/C28H33N3O4/c1-19(2)21(15-26(33)34)14-25(32)27-23-16-22(29-3)17-30-28(23)31(4)24(27)12-8-9-13-35-18-20-10-6-5-7-11-20/h5-7,10-11,16-17,19,21H,8-9,12-15,18H2,1-2,4H3,(H,33,34)/t21-/m1/s1. The van der Waals surface area contributed by atoms with Crippen LogP contribution in [0.3, 0.4) is 0 Å². The highest BCUT2D eigenvalue weighted by atomic mass is 16.5. The number of fused-ring (bicyclic) bond motifs is 1. The normalized spacial score (nSPS) is 12.1. The molecule has 0 amide bonds. The molecule has 3 rings (SSSR count). The lowest BCUT2D eigenvalue weighted by Crippen LogP contribution is -2.19. The summed E-state index contributed by atoms with van der Waals surface area (Å²) in [5, 5.41) is 9.97. The molecule has 0 unspecified atom stereocenters. The maximum absolute atomic E-state index is 13.5. The second-order valence-corrected chi connectivity index (χ2v) is 9.28. The number of carbonyl (C=O) groups is 2. The van der Waals surface area contributed by atoms with Gasteiger partial charge < -0.3 is 14.4 Å². The number of ketones is 1. The van der Waals surface area contributed by atoms with Crippen LogP contribution in [0.25, 0.3) is 15.9 Å². The van der Waals surface area contributed by atoms with E-state index in [-0.39, 0.29) is 30.5 Å². The first-order valence-corrected chi connectivity index (χ1v) is 12.0. The van der Waals surface area contributed by atoms with Crippen molar-refractivity contribution in [2.24, 2.45) is 18.9 Å². The highest BCUT2D eigenvalue weighted by Crippen LogP contribution is 2.32. The van der Waals surface area contributed by atoms with E-state index in [2.05, 4.69) is 9.83 Å². The summed E-state index contributed by atoms with van der Waals surface area (Å²) in [6, 6.07) is 11.7. The number of Topliss-reactive ketones (excluding diaryl/α,β-unsaturated/α-hetero) is 1. The Hall–Kier alpha value is -3.50. The summed E-state index contributed by atoms with van der Waals surface area (Å²) in [5.74, 6) is -1.18. The van der Waals surface area contributed by atoms with Gasteiger partial charge in [0.25, 0.3) is 0 Å². The number of hydrogen-bond donors (Lipinski definition) is 1. The van der Waals surface area contributed by atoms with Gasteiger partial charge in [0.1, 0.15) is 5.65 Å². The Bertz CT molecular complexity index is 1210. The van der Waals surface area contributed by atoms with Crippen LogP contribution in [0.2, 0.25) is 0 Å². The molecule has 0 aliphatic rings. The number of pyridine rings is 1. The van der Waals surface area contributed by atoms with Crippen molar-refractivity contribution in [1.82, 2.24) is 9.55 Å². The van der Waals surface area contributed by atoms with E-state index in [1.54, 1.807) is 6.07 Å². The van der Waals surface area contributed by atoms with Gasteiger partial charge in [-0.2, -0.15) is 0 Å². The monoisotopic (exact) mass is 475 g/mol. The smallest absolute Gasteiger partial charge is 0.303 e. The summed E-state index contributed by atoms with van der Waals surface area (Å²) in [5.41, 5.74) is 3.62. The number of aliphatic carboxylic acids is 1. The summed E-state index contributed by atoms with van der Waals surface area (Å²) in [6.07, 6.45) is 3.97. The van der Waals surface area contributed by atoms with Crippen molar-refractivity contribution in [3.8, 4) is 0 Å². The number of carbonyl (C=O) groups excluding carboxylic acids is 1. The van der Waals surface area contributed by atoms with Gasteiger partial charge in [-0.05, 0) is 42.7 Å². The number of carboxylic acids is 1. The molecule has 0 aliphatic carbocycles. The molecule has 7 heteroatoms. The SMILES string of the molecule is [C-]#[N+]c1cnc2c(c1)c(C(=O)C[C@H](CC(=O)O)C(C)C)c(CCCCOCc1ccccc1)n2C. The van der Waals surface area contributed by atoms with Gasteiger partial charge in [0, 0.05) is 49.3 Å². The number of unbranched alkanes of at least 4 members (excludes halogenated alkanes) is 1. The van der Waals surface area contributed by atoms with Crippen LogP contribution in [0.5, 0.6) is 0 Å². The van der Waals surface area contributed by atoms with Crippen molar-refractivity contribution in [3.63, 3.8) is 0 Å². The van der Waals surface area contributed by atoms with Crippen LogP contribution in [0, 0.1) is 18.4 Å². The van der Waals surface area contributed by atoms with Crippen molar-refractivity contribution in [2.45, 2.75) is 52.6 Å². The molecule has 1 N–H and O–H groups in total. The molecule has 3 aromatic rings. The molecule has 2 heterocycles. The fourth-order valence-electron chi connectivity index (χ4n) is 4.38. The van der Waals surface area contributed by atoms with Crippen LogP contribution >= 0.6 is 0 Å². The Morgan fingerprint density at radius 2 is 1.91 bits per heavy atom. The molecule has 0 fully saturated rings. The van der Waals surface area contributed by atoms with Gasteiger partial charge in [-0.3, -0.25) is 9.59 Å². The average Bonchev–Trinajstić information content (AvgIpc) is 3.11. The number of nitrogens with zero attached hydrogens (tertiary/aromatic N) is 3. The lowest BCUT2D eigenvalue weighted by atomic mass is 9.85. The van der Waals surface area contributed by atoms with E-state index in [1.165, 1.54) is 6.20 Å². The molecule has 7 nitrogen and oxygen atoms in total. The quantitative estimate of drug-likeness (QED) is 0.187. The van der Waals surface area contributed by atoms with Gasteiger partial charge in [0.2, 0.25) is 5.69 Å². The summed E-state index contributed by atoms with van der Waals surface area (Å²) in [4.78, 5) is 32.8. The van der Waals surface area contributed by atoms with E-state index in [1.807, 2.05) is 55.8 Å². The van der Waals surface area contributed by atoms with Crippen LogP contribution in [0.15, 0.2) is 42.6 Å². The van der Waals surface area contributed by atoms with Crippen LogP contribution in [-0.4, -0.2) is 33.0 Å². The number of rotatable bonds is 13. The Kier molecular flexibility index (Phi) is 9.16. The van der Waals surface area contributed by atoms with Crippen molar-refractivity contribution in [3.05, 3.63) is 70.8 Å². The number of aryl methyl sites for hydroxylation is 1. The van der Waals surface area contributed by atoms with E-state index < -0.39 is 5.97 Å². The van der Waals surface area contributed by atoms with E-state index >= 15 is 0 Å². The van der Waals surface area contributed by atoms with Crippen molar-refractivity contribution in [2.75, 3.05) is 6.61 Å². The van der Waals surface area contributed by atoms with E-state index in [0.29, 0.717) is 41.9 Å².